The lowest BCUT2D eigenvalue weighted by Gasteiger charge is -2.29. The van der Waals surface area contributed by atoms with E-state index < -0.39 is 0 Å². The second kappa shape index (κ2) is 6.68. The molecule has 1 aromatic rings. The number of aromatic nitrogens is 2. The predicted octanol–water partition coefficient (Wildman–Crippen LogP) is 1.10. The van der Waals surface area contributed by atoms with Crippen LogP contribution < -0.4 is 11.1 Å². The summed E-state index contributed by atoms with van der Waals surface area (Å²) >= 11 is 0. The van der Waals surface area contributed by atoms with E-state index in [2.05, 4.69) is 27.2 Å². The Hall–Kier alpha value is -1.40. The van der Waals surface area contributed by atoms with E-state index in [4.69, 9.17) is 10.5 Å². The number of nitrogens with one attached hydrogen (secondary N) is 1. The SMILES string of the molecule is CCOCc1nc(N)cc(NC2CCN(C)CC2)n1. The Labute approximate surface area is 114 Å². The first-order valence-corrected chi connectivity index (χ1v) is 6.83. The molecule has 0 spiro atoms. The fourth-order valence-corrected chi connectivity index (χ4v) is 2.21. The fraction of sp³-hybridized carbons (Fsp3) is 0.692. The average molecular weight is 265 g/mol. The molecule has 1 aromatic heterocycles. The summed E-state index contributed by atoms with van der Waals surface area (Å²) in [5.41, 5.74) is 5.80. The highest BCUT2D eigenvalue weighted by molar-refractivity contribution is 5.45. The van der Waals surface area contributed by atoms with Crippen molar-refractivity contribution in [1.29, 1.82) is 0 Å². The third kappa shape index (κ3) is 4.33. The van der Waals surface area contributed by atoms with Crippen molar-refractivity contribution < 1.29 is 4.74 Å². The molecule has 1 saturated heterocycles. The maximum Gasteiger partial charge on any atom is 0.158 e. The van der Waals surface area contributed by atoms with Gasteiger partial charge in [0.25, 0.3) is 0 Å². The Kier molecular flexibility index (Phi) is 4.93. The molecule has 0 aromatic carbocycles. The van der Waals surface area contributed by atoms with Crippen LogP contribution in [-0.4, -0.2) is 47.7 Å². The number of nitrogen functional groups attached to an aromatic ring is 1. The molecule has 1 fully saturated rings. The number of rotatable bonds is 5. The van der Waals surface area contributed by atoms with E-state index in [1.165, 1.54) is 0 Å². The minimum Gasteiger partial charge on any atom is -0.384 e. The zero-order valence-electron chi connectivity index (χ0n) is 11.7. The third-order valence-electron chi connectivity index (χ3n) is 3.30. The van der Waals surface area contributed by atoms with Crippen molar-refractivity contribution in [2.24, 2.45) is 0 Å². The Morgan fingerprint density at radius 1 is 1.42 bits per heavy atom. The van der Waals surface area contributed by atoms with Crippen molar-refractivity contribution in [3.05, 3.63) is 11.9 Å². The maximum absolute atomic E-state index is 5.80. The van der Waals surface area contributed by atoms with Gasteiger partial charge < -0.3 is 20.7 Å². The van der Waals surface area contributed by atoms with E-state index in [1.54, 1.807) is 6.07 Å². The summed E-state index contributed by atoms with van der Waals surface area (Å²) < 4.78 is 5.32. The van der Waals surface area contributed by atoms with Crippen LogP contribution in [0.4, 0.5) is 11.6 Å². The van der Waals surface area contributed by atoms with Crippen molar-refractivity contribution in [2.75, 3.05) is 37.8 Å². The Morgan fingerprint density at radius 3 is 2.84 bits per heavy atom. The predicted molar refractivity (Wildman–Crippen MR) is 75.9 cm³/mol. The van der Waals surface area contributed by atoms with Gasteiger partial charge in [-0.25, -0.2) is 9.97 Å². The van der Waals surface area contributed by atoms with E-state index in [1.807, 2.05) is 6.92 Å². The van der Waals surface area contributed by atoms with E-state index >= 15 is 0 Å². The lowest BCUT2D eigenvalue weighted by molar-refractivity contribution is 0.128. The number of ether oxygens (including phenoxy) is 1. The Morgan fingerprint density at radius 2 is 2.16 bits per heavy atom. The normalized spacial score (nSPS) is 17.6. The highest BCUT2D eigenvalue weighted by Crippen LogP contribution is 2.16. The molecule has 1 aliphatic rings. The van der Waals surface area contributed by atoms with Gasteiger partial charge in [-0.1, -0.05) is 0 Å². The van der Waals surface area contributed by atoms with Gasteiger partial charge in [0.05, 0.1) is 0 Å². The molecule has 2 rings (SSSR count). The number of piperidine rings is 1. The summed E-state index contributed by atoms with van der Waals surface area (Å²) in [5, 5.41) is 3.45. The van der Waals surface area contributed by atoms with E-state index in [9.17, 15) is 0 Å². The van der Waals surface area contributed by atoms with Gasteiger partial charge in [0.15, 0.2) is 5.82 Å². The molecule has 0 aliphatic carbocycles. The number of nitrogens with two attached hydrogens (primary N) is 1. The van der Waals surface area contributed by atoms with Crippen molar-refractivity contribution in [2.45, 2.75) is 32.4 Å². The molecule has 0 radical (unpaired) electrons. The van der Waals surface area contributed by atoms with Crippen molar-refractivity contribution in [3.8, 4) is 0 Å². The van der Waals surface area contributed by atoms with Gasteiger partial charge in [-0.05, 0) is 39.9 Å². The smallest absolute Gasteiger partial charge is 0.158 e. The highest BCUT2D eigenvalue weighted by atomic mass is 16.5. The molecule has 0 bridgehead atoms. The lowest BCUT2D eigenvalue weighted by Crippen LogP contribution is -2.37. The van der Waals surface area contributed by atoms with E-state index in [-0.39, 0.29) is 0 Å². The Bertz CT molecular complexity index is 404. The summed E-state index contributed by atoms with van der Waals surface area (Å²) in [6.45, 7) is 5.23. The molecular formula is C13H23N5O. The molecule has 19 heavy (non-hydrogen) atoms. The lowest BCUT2D eigenvalue weighted by atomic mass is 10.1. The molecule has 6 nitrogen and oxygen atoms in total. The van der Waals surface area contributed by atoms with Gasteiger partial charge in [-0.2, -0.15) is 0 Å². The van der Waals surface area contributed by atoms with Gasteiger partial charge in [-0.15, -0.1) is 0 Å². The minimum absolute atomic E-state index is 0.406. The van der Waals surface area contributed by atoms with Crippen LogP contribution in [0.15, 0.2) is 6.07 Å². The number of hydrogen-bond donors (Lipinski definition) is 2. The first kappa shape index (κ1) is 14.0. The molecule has 2 heterocycles. The van der Waals surface area contributed by atoms with Crippen LogP contribution in [0.3, 0.4) is 0 Å². The van der Waals surface area contributed by atoms with Crippen LogP contribution in [-0.2, 0) is 11.3 Å². The van der Waals surface area contributed by atoms with Crippen LogP contribution in [0.5, 0.6) is 0 Å². The number of hydrogen-bond acceptors (Lipinski definition) is 6. The van der Waals surface area contributed by atoms with Gasteiger partial charge in [-0.3, -0.25) is 0 Å². The van der Waals surface area contributed by atoms with Crippen LogP contribution in [0.25, 0.3) is 0 Å². The van der Waals surface area contributed by atoms with Gasteiger partial charge in [0.2, 0.25) is 0 Å². The van der Waals surface area contributed by atoms with Crippen LogP contribution in [0.1, 0.15) is 25.6 Å². The first-order chi connectivity index (χ1) is 9.17. The number of anilines is 2. The molecule has 0 amide bonds. The summed E-state index contributed by atoms with van der Waals surface area (Å²) in [4.78, 5) is 11.0. The summed E-state index contributed by atoms with van der Waals surface area (Å²) in [5.74, 6) is 1.93. The summed E-state index contributed by atoms with van der Waals surface area (Å²) in [6, 6.07) is 2.25. The van der Waals surface area contributed by atoms with Crippen molar-refractivity contribution >= 4 is 11.6 Å². The third-order valence-corrected chi connectivity index (χ3v) is 3.30. The standard InChI is InChI=1S/C13H23N5O/c1-3-19-9-13-16-11(14)8-12(17-13)15-10-4-6-18(2)7-5-10/h8,10H,3-7,9H2,1-2H3,(H3,14,15,16,17). The van der Waals surface area contributed by atoms with Crippen molar-refractivity contribution in [1.82, 2.24) is 14.9 Å². The average Bonchev–Trinajstić information content (AvgIpc) is 2.38. The quantitative estimate of drug-likeness (QED) is 0.830. The van der Waals surface area contributed by atoms with Crippen LogP contribution in [0.2, 0.25) is 0 Å². The molecule has 106 valence electrons. The molecule has 3 N–H and O–H groups in total. The number of nitrogens with zero attached hydrogens (tertiary/aromatic N) is 3. The topological polar surface area (TPSA) is 76.3 Å². The molecular weight excluding hydrogens is 242 g/mol. The van der Waals surface area contributed by atoms with Crippen LogP contribution in [0, 0.1) is 0 Å². The molecule has 6 heteroatoms. The molecule has 0 saturated carbocycles. The maximum atomic E-state index is 5.80. The van der Waals surface area contributed by atoms with Gasteiger partial charge >= 0.3 is 0 Å². The summed E-state index contributed by atoms with van der Waals surface area (Å²) in [7, 11) is 2.15. The second-order valence-corrected chi connectivity index (χ2v) is 4.95. The highest BCUT2D eigenvalue weighted by Gasteiger charge is 2.17. The minimum atomic E-state index is 0.406. The first-order valence-electron chi connectivity index (χ1n) is 6.83. The number of likely N-dealkylation sites (tertiary alicyclic amines) is 1. The van der Waals surface area contributed by atoms with Gasteiger partial charge in [0.1, 0.15) is 18.2 Å². The molecule has 0 unspecified atom stereocenters. The monoisotopic (exact) mass is 265 g/mol. The Balaban J connectivity index is 1.97. The zero-order chi connectivity index (χ0) is 13.7. The second-order valence-electron chi connectivity index (χ2n) is 4.95. The van der Waals surface area contributed by atoms with E-state index in [0.717, 1.165) is 31.7 Å². The summed E-state index contributed by atoms with van der Waals surface area (Å²) in [6.07, 6.45) is 2.25. The zero-order valence-corrected chi connectivity index (χ0v) is 11.7. The van der Waals surface area contributed by atoms with Crippen molar-refractivity contribution in [3.63, 3.8) is 0 Å². The fourth-order valence-electron chi connectivity index (χ4n) is 2.21. The van der Waals surface area contributed by atoms with E-state index in [0.29, 0.717) is 30.9 Å². The molecule has 0 atom stereocenters. The largest absolute Gasteiger partial charge is 0.384 e. The van der Waals surface area contributed by atoms with Gasteiger partial charge in [0, 0.05) is 18.7 Å². The molecule has 1 aliphatic heterocycles. The van der Waals surface area contributed by atoms with Crippen LogP contribution >= 0.6 is 0 Å².